The summed E-state index contributed by atoms with van der Waals surface area (Å²) in [5.74, 6) is 0.415. The Morgan fingerprint density at radius 2 is 2.33 bits per heavy atom. The van der Waals surface area contributed by atoms with E-state index in [0.717, 1.165) is 11.5 Å². The number of nitrogens with one attached hydrogen (secondary N) is 1. The maximum absolute atomic E-state index is 11.2. The van der Waals surface area contributed by atoms with Gasteiger partial charge in [0.25, 0.3) is 5.91 Å². The van der Waals surface area contributed by atoms with E-state index in [2.05, 4.69) is 14.7 Å². The molecule has 0 aliphatic rings. The number of anilines is 1. The van der Waals surface area contributed by atoms with Crippen molar-refractivity contribution in [3.05, 3.63) is 5.82 Å². The first-order chi connectivity index (χ1) is 7.22. The molecule has 0 saturated carbocycles. The van der Waals surface area contributed by atoms with Crippen LogP contribution in [0, 0.1) is 6.92 Å². The summed E-state index contributed by atoms with van der Waals surface area (Å²) < 4.78 is 13.7. The third kappa shape index (κ3) is 4.82. The molecule has 0 unspecified atom stereocenters. The summed E-state index contributed by atoms with van der Waals surface area (Å²) in [7, 11) is 1.58. The first-order valence-corrected chi connectivity index (χ1v) is 5.16. The van der Waals surface area contributed by atoms with Gasteiger partial charge >= 0.3 is 0 Å². The lowest BCUT2D eigenvalue weighted by Gasteiger charge is -2.02. The molecule has 1 N–H and O–H groups in total. The minimum Gasteiger partial charge on any atom is -0.382 e. The highest BCUT2D eigenvalue weighted by atomic mass is 32.1. The Bertz CT molecular complexity index is 316. The number of amides is 1. The van der Waals surface area contributed by atoms with E-state index in [9.17, 15) is 4.79 Å². The van der Waals surface area contributed by atoms with Crippen molar-refractivity contribution in [2.45, 2.75) is 6.92 Å². The maximum atomic E-state index is 11.2. The molecule has 6 nitrogen and oxygen atoms in total. The topological polar surface area (TPSA) is 73.3 Å². The van der Waals surface area contributed by atoms with Crippen LogP contribution in [0.3, 0.4) is 0 Å². The molecule has 1 heterocycles. The van der Waals surface area contributed by atoms with Crippen LogP contribution in [0.2, 0.25) is 0 Å². The van der Waals surface area contributed by atoms with Crippen molar-refractivity contribution in [3.8, 4) is 0 Å². The first kappa shape index (κ1) is 12.0. The molecule has 15 heavy (non-hydrogen) atoms. The quantitative estimate of drug-likeness (QED) is 0.719. The van der Waals surface area contributed by atoms with Gasteiger partial charge in [-0.2, -0.15) is 4.37 Å². The number of hydrogen-bond donors (Lipinski definition) is 1. The van der Waals surface area contributed by atoms with E-state index >= 15 is 0 Å². The fraction of sp³-hybridized carbons (Fsp3) is 0.625. The second-order valence-electron chi connectivity index (χ2n) is 2.74. The van der Waals surface area contributed by atoms with Crippen molar-refractivity contribution in [2.75, 3.05) is 32.2 Å². The number of nitrogens with zero attached hydrogens (tertiary/aromatic N) is 2. The zero-order valence-electron chi connectivity index (χ0n) is 8.65. The zero-order valence-corrected chi connectivity index (χ0v) is 9.47. The molecule has 0 aromatic carbocycles. The molecule has 0 aliphatic carbocycles. The predicted molar refractivity (Wildman–Crippen MR) is 56.0 cm³/mol. The van der Waals surface area contributed by atoms with Gasteiger partial charge in [0.2, 0.25) is 5.13 Å². The molecule has 1 aromatic heterocycles. The average molecular weight is 231 g/mol. The van der Waals surface area contributed by atoms with Crippen LogP contribution in [-0.4, -0.2) is 42.2 Å². The number of carbonyl (C=O) groups is 1. The van der Waals surface area contributed by atoms with E-state index in [-0.39, 0.29) is 12.5 Å². The summed E-state index contributed by atoms with van der Waals surface area (Å²) >= 11 is 1.15. The summed E-state index contributed by atoms with van der Waals surface area (Å²) in [5, 5.41) is 3.07. The summed E-state index contributed by atoms with van der Waals surface area (Å²) in [5.41, 5.74) is 0. The minimum absolute atomic E-state index is 0.00197. The molecule has 0 fully saturated rings. The largest absolute Gasteiger partial charge is 0.382 e. The molecule has 0 atom stereocenters. The lowest BCUT2D eigenvalue weighted by Crippen LogP contribution is -2.19. The van der Waals surface area contributed by atoms with Gasteiger partial charge in [0.05, 0.1) is 13.2 Å². The van der Waals surface area contributed by atoms with E-state index in [4.69, 9.17) is 9.47 Å². The molecule has 0 radical (unpaired) electrons. The van der Waals surface area contributed by atoms with Gasteiger partial charge in [-0.1, -0.05) is 0 Å². The molecular formula is C8H13N3O3S. The smallest absolute Gasteiger partial charge is 0.252 e. The van der Waals surface area contributed by atoms with Crippen LogP contribution in [0.15, 0.2) is 0 Å². The van der Waals surface area contributed by atoms with Crippen molar-refractivity contribution >= 4 is 22.6 Å². The van der Waals surface area contributed by atoms with Crippen LogP contribution in [0.4, 0.5) is 5.13 Å². The van der Waals surface area contributed by atoms with Crippen molar-refractivity contribution in [2.24, 2.45) is 0 Å². The standard InChI is InChI=1S/C8H13N3O3S/c1-6-9-8(15-11-6)10-7(12)5-14-4-3-13-2/h3-5H2,1-2H3,(H,9,10,11,12). The van der Waals surface area contributed by atoms with Gasteiger partial charge in [0, 0.05) is 18.6 Å². The second-order valence-corrected chi connectivity index (χ2v) is 3.49. The van der Waals surface area contributed by atoms with Crippen LogP contribution in [0.5, 0.6) is 0 Å². The molecule has 0 saturated heterocycles. The Kier molecular flexibility index (Phi) is 5.16. The number of carbonyl (C=O) groups excluding carboxylic acids is 1. The molecule has 7 heteroatoms. The monoisotopic (exact) mass is 231 g/mol. The highest BCUT2D eigenvalue weighted by Gasteiger charge is 2.05. The third-order valence-corrected chi connectivity index (χ3v) is 2.16. The molecular weight excluding hydrogens is 218 g/mol. The van der Waals surface area contributed by atoms with Crippen LogP contribution in [0.1, 0.15) is 5.82 Å². The van der Waals surface area contributed by atoms with E-state index < -0.39 is 0 Å². The van der Waals surface area contributed by atoms with Crippen molar-refractivity contribution in [3.63, 3.8) is 0 Å². The van der Waals surface area contributed by atoms with Gasteiger partial charge < -0.3 is 9.47 Å². The number of rotatable bonds is 6. The second kappa shape index (κ2) is 6.44. The van der Waals surface area contributed by atoms with E-state index in [1.54, 1.807) is 14.0 Å². The molecule has 0 spiro atoms. The van der Waals surface area contributed by atoms with E-state index in [1.165, 1.54) is 0 Å². The van der Waals surface area contributed by atoms with Crippen LogP contribution >= 0.6 is 11.5 Å². The van der Waals surface area contributed by atoms with Crippen molar-refractivity contribution in [1.29, 1.82) is 0 Å². The molecule has 1 amide bonds. The van der Waals surface area contributed by atoms with E-state index in [1.807, 2.05) is 0 Å². The Labute approximate surface area is 91.8 Å². The predicted octanol–water partition coefficient (Wildman–Crippen LogP) is 0.448. The number of ether oxygens (including phenoxy) is 2. The third-order valence-electron chi connectivity index (χ3n) is 1.44. The number of methoxy groups -OCH3 is 1. The Balaban J connectivity index is 2.18. The highest BCUT2D eigenvalue weighted by Crippen LogP contribution is 2.09. The maximum Gasteiger partial charge on any atom is 0.252 e. The molecule has 0 aliphatic heterocycles. The molecule has 1 aromatic rings. The lowest BCUT2D eigenvalue weighted by molar-refractivity contribution is -0.121. The lowest BCUT2D eigenvalue weighted by atomic mass is 10.6. The number of hydrogen-bond acceptors (Lipinski definition) is 6. The molecule has 0 bridgehead atoms. The normalized spacial score (nSPS) is 10.3. The Morgan fingerprint density at radius 3 is 2.93 bits per heavy atom. The number of aryl methyl sites for hydroxylation is 1. The Morgan fingerprint density at radius 1 is 1.53 bits per heavy atom. The summed E-state index contributed by atoms with van der Waals surface area (Å²) in [4.78, 5) is 15.2. The fourth-order valence-corrected chi connectivity index (χ4v) is 1.40. The Hall–Kier alpha value is -1.05. The van der Waals surface area contributed by atoms with Gasteiger partial charge in [-0.25, -0.2) is 4.98 Å². The highest BCUT2D eigenvalue weighted by molar-refractivity contribution is 7.09. The molecule has 84 valence electrons. The van der Waals surface area contributed by atoms with Gasteiger partial charge in [-0.3, -0.25) is 10.1 Å². The molecule has 1 rings (SSSR count). The summed E-state index contributed by atoms with van der Waals surface area (Å²) in [6.45, 7) is 2.65. The van der Waals surface area contributed by atoms with Crippen LogP contribution in [-0.2, 0) is 14.3 Å². The van der Waals surface area contributed by atoms with Crippen molar-refractivity contribution < 1.29 is 14.3 Å². The van der Waals surface area contributed by atoms with Gasteiger partial charge in [0.15, 0.2) is 0 Å². The summed E-state index contributed by atoms with van der Waals surface area (Å²) in [6, 6.07) is 0. The number of aromatic nitrogens is 2. The minimum atomic E-state index is -0.234. The van der Waals surface area contributed by atoms with E-state index in [0.29, 0.717) is 24.2 Å². The zero-order chi connectivity index (χ0) is 11.1. The fourth-order valence-electron chi connectivity index (χ4n) is 0.810. The van der Waals surface area contributed by atoms with Crippen LogP contribution in [0.25, 0.3) is 0 Å². The summed E-state index contributed by atoms with van der Waals surface area (Å²) in [6.07, 6.45) is 0. The SMILES string of the molecule is COCCOCC(=O)Nc1nc(C)ns1. The van der Waals surface area contributed by atoms with Gasteiger partial charge in [0.1, 0.15) is 12.4 Å². The average Bonchev–Trinajstić information content (AvgIpc) is 2.59. The van der Waals surface area contributed by atoms with Crippen LogP contribution < -0.4 is 5.32 Å². The van der Waals surface area contributed by atoms with Gasteiger partial charge in [-0.05, 0) is 6.92 Å². The van der Waals surface area contributed by atoms with Crippen molar-refractivity contribution in [1.82, 2.24) is 9.36 Å². The van der Waals surface area contributed by atoms with Gasteiger partial charge in [-0.15, -0.1) is 0 Å². The first-order valence-electron chi connectivity index (χ1n) is 4.39.